The number of halogens is 3. The SMILES string of the molecule is CCNC(C)c1nnc(-c2ccc(C(F)(F)F)cn2)s1. The lowest BCUT2D eigenvalue weighted by Gasteiger charge is -2.06. The first kappa shape index (κ1) is 14.9. The van der Waals surface area contributed by atoms with Crippen LogP contribution >= 0.6 is 11.3 Å². The van der Waals surface area contributed by atoms with Gasteiger partial charge in [-0.1, -0.05) is 18.3 Å². The van der Waals surface area contributed by atoms with Crippen molar-refractivity contribution in [3.8, 4) is 10.7 Å². The Balaban J connectivity index is 2.20. The van der Waals surface area contributed by atoms with E-state index in [1.54, 1.807) is 0 Å². The first-order chi connectivity index (χ1) is 9.41. The predicted octanol–water partition coefficient (Wildman–Crippen LogP) is 3.29. The Morgan fingerprint density at radius 3 is 2.60 bits per heavy atom. The zero-order chi connectivity index (χ0) is 14.8. The van der Waals surface area contributed by atoms with E-state index in [2.05, 4.69) is 20.5 Å². The number of rotatable bonds is 4. The maximum absolute atomic E-state index is 12.4. The Kier molecular flexibility index (Phi) is 4.34. The fourth-order valence-corrected chi connectivity index (χ4v) is 2.44. The van der Waals surface area contributed by atoms with Crippen LogP contribution in [0, 0.1) is 0 Å². The molecule has 0 fully saturated rings. The second kappa shape index (κ2) is 5.84. The average Bonchev–Trinajstić information content (AvgIpc) is 2.88. The van der Waals surface area contributed by atoms with Crippen molar-refractivity contribution in [3.05, 3.63) is 28.9 Å². The molecule has 4 nitrogen and oxygen atoms in total. The van der Waals surface area contributed by atoms with E-state index in [-0.39, 0.29) is 6.04 Å². The van der Waals surface area contributed by atoms with Crippen LogP contribution in [0.1, 0.15) is 30.5 Å². The van der Waals surface area contributed by atoms with Crippen LogP contribution in [0.4, 0.5) is 13.2 Å². The van der Waals surface area contributed by atoms with Gasteiger partial charge in [0.15, 0.2) is 5.01 Å². The molecule has 20 heavy (non-hydrogen) atoms. The molecule has 1 unspecified atom stereocenters. The Morgan fingerprint density at radius 1 is 1.30 bits per heavy atom. The largest absolute Gasteiger partial charge is 0.417 e. The molecular weight excluding hydrogens is 289 g/mol. The molecule has 2 aromatic rings. The van der Waals surface area contributed by atoms with Gasteiger partial charge in [-0.15, -0.1) is 10.2 Å². The highest BCUT2D eigenvalue weighted by Gasteiger charge is 2.30. The van der Waals surface area contributed by atoms with Crippen LogP contribution in [-0.4, -0.2) is 21.7 Å². The van der Waals surface area contributed by atoms with Crippen LogP contribution in [0.15, 0.2) is 18.3 Å². The summed E-state index contributed by atoms with van der Waals surface area (Å²) in [4.78, 5) is 3.80. The predicted molar refractivity (Wildman–Crippen MR) is 70.2 cm³/mol. The molecule has 0 aliphatic carbocycles. The van der Waals surface area contributed by atoms with E-state index < -0.39 is 11.7 Å². The Hall–Kier alpha value is -1.54. The highest BCUT2D eigenvalue weighted by molar-refractivity contribution is 7.14. The zero-order valence-electron chi connectivity index (χ0n) is 10.9. The second-order valence-electron chi connectivity index (χ2n) is 4.15. The zero-order valence-corrected chi connectivity index (χ0v) is 11.7. The Morgan fingerprint density at radius 2 is 2.05 bits per heavy atom. The molecule has 2 aromatic heterocycles. The van der Waals surface area contributed by atoms with Gasteiger partial charge in [-0.05, 0) is 25.6 Å². The summed E-state index contributed by atoms with van der Waals surface area (Å²) >= 11 is 1.32. The first-order valence-electron chi connectivity index (χ1n) is 6.02. The van der Waals surface area contributed by atoms with E-state index in [0.717, 1.165) is 23.8 Å². The molecule has 0 aliphatic rings. The molecule has 0 saturated heterocycles. The van der Waals surface area contributed by atoms with Crippen LogP contribution in [0.3, 0.4) is 0 Å². The van der Waals surface area contributed by atoms with Gasteiger partial charge in [0, 0.05) is 6.20 Å². The maximum atomic E-state index is 12.4. The van der Waals surface area contributed by atoms with Crippen molar-refractivity contribution in [3.63, 3.8) is 0 Å². The van der Waals surface area contributed by atoms with Gasteiger partial charge >= 0.3 is 6.18 Å². The van der Waals surface area contributed by atoms with Gasteiger partial charge in [-0.3, -0.25) is 4.98 Å². The smallest absolute Gasteiger partial charge is 0.308 e. The average molecular weight is 302 g/mol. The molecule has 0 spiro atoms. The first-order valence-corrected chi connectivity index (χ1v) is 6.84. The standard InChI is InChI=1S/C12H13F3N4S/c1-3-16-7(2)10-18-19-11(20-10)9-5-4-8(6-17-9)12(13,14)15/h4-7,16H,3H2,1-2H3. The normalized spacial score (nSPS) is 13.4. The minimum atomic E-state index is -4.38. The van der Waals surface area contributed by atoms with E-state index in [1.807, 2.05) is 13.8 Å². The van der Waals surface area contributed by atoms with Crippen LogP contribution in [0.25, 0.3) is 10.7 Å². The highest BCUT2D eigenvalue weighted by Crippen LogP contribution is 2.30. The van der Waals surface area contributed by atoms with Crippen LogP contribution in [0.2, 0.25) is 0 Å². The molecule has 0 amide bonds. The maximum Gasteiger partial charge on any atom is 0.417 e. The van der Waals surface area contributed by atoms with Gasteiger partial charge in [0.2, 0.25) is 0 Å². The molecule has 0 bridgehead atoms. The number of hydrogen-bond donors (Lipinski definition) is 1. The minimum absolute atomic E-state index is 0.0562. The lowest BCUT2D eigenvalue weighted by molar-refractivity contribution is -0.137. The van der Waals surface area contributed by atoms with Gasteiger partial charge in [-0.2, -0.15) is 13.2 Å². The summed E-state index contributed by atoms with van der Waals surface area (Å²) in [5.74, 6) is 0. The van der Waals surface area contributed by atoms with Crippen LogP contribution < -0.4 is 5.32 Å². The summed E-state index contributed by atoms with van der Waals surface area (Å²) in [7, 11) is 0. The molecule has 2 heterocycles. The van der Waals surface area contributed by atoms with E-state index >= 15 is 0 Å². The molecule has 1 N–H and O–H groups in total. The molecular formula is C12H13F3N4S. The number of nitrogens with zero attached hydrogens (tertiary/aromatic N) is 3. The Labute approximate surface area is 118 Å². The van der Waals surface area contributed by atoms with Crippen molar-refractivity contribution in [1.29, 1.82) is 0 Å². The van der Waals surface area contributed by atoms with Crippen molar-refractivity contribution < 1.29 is 13.2 Å². The van der Waals surface area contributed by atoms with Gasteiger partial charge < -0.3 is 5.32 Å². The van der Waals surface area contributed by atoms with Crippen molar-refractivity contribution in [2.24, 2.45) is 0 Å². The fourth-order valence-electron chi connectivity index (χ4n) is 1.59. The molecule has 0 aliphatic heterocycles. The van der Waals surface area contributed by atoms with Crippen molar-refractivity contribution in [2.75, 3.05) is 6.54 Å². The number of pyridine rings is 1. The van der Waals surface area contributed by atoms with Gasteiger partial charge in [0.05, 0.1) is 11.6 Å². The highest BCUT2D eigenvalue weighted by atomic mass is 32.1. The minimum Gasteiger partial charge on any atom is -0.308 e. The summed E-state index contributed by atoms with van der Waals surface area (Å²) < 4.78 is 37.3. The number of alkyl halides is 3. The van der Waals surface area contributed by atoms with Crippen LogP contribution in [0.5, 0.6) is 0 Å². The van der Waals surface area contributed by atoms with E-state index in [9.17, 15) is 13.2 Å². The summed E-state index contributed by atoms with van der Waals surface area (Å²) in [5.41, 5.74) is -0.377. The topological polar surface area (TPSA) is 50.7 Å². The summed E-state index contributed by atoms with van der Waals surface area (Å²) in [6, 6.07) is 2.36. The van der Waals surface area contributed by atoms with Gasteiger partial charge in [0.25, 0.3) is 0 Å². The summed E-state index contributed by atoms with van der Waals surface area (Å²) in [6.45, 7) is 4.73. The van der Waals surface area contributed by atoms with Crippen LogP contribution in [-0.2, 0) is 6.18 Å². The fraction of sp³-hybridized carbons (Fsp3) is 0.417. The molecule has 8 heteroatoms. The molecule has 0 radical (unpaired) electrons. The number of aromatic nitrogens is 3. The monoisotopic (exact) mass is 302 g/mol. The number of nitrogens with one attached hydrogen (secondary N) is 1. The number of hydrogen-bond acceptors (Lipinski definition) is 5. The third-order valence-corrected chi connectivity index (χ3v) is 3.76. The quantitative estimate of drug-likeness (QED) is 0.941. The van der Waals surface area contributed by atoms with Crippen molar-refractivity contribution in [1.82, 2.24) is 20.5 Å². The van der Waals surface area contributed by atoms with Crippen molar-refractivity contribution in [2.45, 2.75) is 26.1 Å². The molecule has 0 saturated carbocycles. The lowest BCUT2D eigenvalue weighted by atomic mass is 10.2. The van der Waals surface area contributed by atoms with E-state index in [0.29, 0.717) is 10.7 Å². The summed E-state index contributed by atoms with van der Waals surface area (Å²) in [6.07, 6.45) is -3.57. The van der Waals surface area contributed by atoms with E-state index in [1.165, 1.54) is 17.4 Å². The van der Waals surface area contributed by atoms with Crippen molar-refractivity contribution >= 4 is 11.3 Å². The molecule has 108 valence electrons. The second-order valence-corrected chi connectivity index (χ2v) is 5.16. The lowest BCUT2D eigenvalue weighted by Crippen LogP contribution is -2.17. The third kappa shape index (κ3) is 3.31. The molecule has 1 atom stereocenters. The molecule has 0 aromatic carbocycles. The van der Waals surface area contributed by atoms with E-state index in [4.69, 9.17) is 0 Å². The van der Waals surface area contributed by atoms with Gasteiger partial charge in [0.1, 0.15) is 10.7 Å². The molecule has 2 rings (SSSR count). The van der Waals surface area contributed by atoms with Gasteiger partial charge in [-0.25, -0.2) is 0 Å². The summed E-state index contributed by atoms with van der Waals surface area (Å²) in [5, 5.41) is 12.5. The third-order valence-electron chi connectivity index (χ3n) is 2.63. The Bertz CT molecular complexity index is 565.